The molecule has 3 aromatic rings. The van der Waals surface area contributed by atoms with Crippen molar-refractivity contribution < 1.29 is 17.1 Å². The molecule has 4 heteroatoms. The van der Waals surface area contributed by atoms with Crippen LogP contribution in [0.2, 0.25) is 0 Å². The third-order valence-corrected chi connectivity index (χ3v) is 2.14. The zero-order valence-electron chi connectivity index (χ0n) is 9.23. The van der Waals surface area contributed by atoms with Gasteiger partial charge in [0, 0.05) is 0 Å². The number of rotatable bonds is 2. The SMILES string of the molecule is [Fe+2].c1c[cH-]c(Cc2cn[nH]n2)c1.c1cc[cH-]c1. The van der Waals surface area contributed by atoms with Crippen LogP contribution in [0, 0.1) is 0 Å². The molecule has 0 aliphatic carbocycles. The molecule has 0 atom stereocenters. The van der Waals surface area contributed by atoms with E-state index < -0.39 is 0 Å². The molecule has 0 radical (unpaired) electrons. The van der Waals surface area contributed by atoms with E-state index in [2.05, 4.69) is 27.5 Å². The van der Waals surface area contributed by atoms with Crippen LogP contribution in [0.15, 0.2) is 60.8 Å². The molecule has 88 valence electrons. The number of nitrogens with zero attached hydrogens (tertiary/aromatic N) is 2. The van der Waals surface area contributed by atoms with E-state index in [9.17, 15) is 0 Å². The van der Waals surface area contributed by atoms with Crippen molar-refractivity contribution in [2.24, 2.45) is 0 Å². The van der Waals surface area contributed by atoms with Crippen molar-refractivity contribution in [2.75, 3.05) is 0 Å². The van der Waals surface area contributed by atoms with Crippen molar-refractivity contribution in [1.82, 2.24) is 15.4 Å². The van der Waals surface area contributed by atoms with Gasteiger partial charge in [0.15, 0.2) is 0 Å². The van der Waals surface area contributed by atoms with Crippen molar-refractivity contribution in [1.29, 1.82) is 0 Å². The van der Waals surface area contributed by atoms with Gasteiger partial charge in [0.1, 0.15) is 0 Å². The summed E-state index contributed by atoms with van der Waals surface area (Å²) < 4.78 is 0. The van der Waals surface area contributed by atoms with Crippen LogP contribution in [0.3, 0.4) is 0 Å². The molecule has 3 nitrogen and oxygen atoms in total. The first kappa shape index (κ1) is 13.4. The predicted octanol–water partition coefficient (Wildman–Crippen LogP) is 2.52. The zero-order valence-corrected chi connectivity index (χ0v) is 10.3. The summed E-state index contributed by atoms with van der Waals surface area (Å²) in [5.41, 5.74) is 2.26. The van der Waals surface area contributed by atoms with E-state index >= 15 is 0 Å². The number of aromatic nitrogens is 3. The van der Waals surface area contributed by atoms with Crippen LogP contribution in [-0.2, 0) is 23.5 Å². The summed E-state index contributed by atoms with van der Waals surface area (Å²) in [4.78, 5) is 0. The van der Waals surface area contributed by atoms with Crippen LogP contribution in [0.5, 0.6) is 0 Å². The Bertz CT molecular complexity index is 405. The van der Waals surface area contributed by atoms with E-state index in [0.717, 1.165) is 12.1 Å². The van der Waals surface area contributed by atoms with Gasteiger partial charge in [-0.3, -0.25) is 0 Å². The maximum Gasteiger partial charge on any atom is 2.00 e. The standard InChI is InChI=1S/C8H8N3.C5H5.Fe/c1-2-4-7(3-1)5-8-6-9-11-10-8;1-2-4-5-3-1;/h1-4,6H,5H2,(H,9,10,11);1-5H;/q2*-1;+2. The van der Waals surface area contributed by atoms with Crippen molar-refractivity contribution in [2.45, 2.75) is 6.42 Å². The Kier molecular flexibility index (Phi) is 6.00. The molecule has 0 aliphatic heterocycles. The molecule has 0 amide bonds. The molecular formula is C13H13FeN3. The maximum atomic E-state index is 3.96. The third-order valence-electron chi connectivity index (χ3n) is 2.14. The fourth-order valence-corrected chi connectivity index (χ4v) is 1.37. The van der Waals surface area contributed by atoms with Crippen molar-refractivity contribution in [3.8, 4) is 0 Å². The maximum absolute atomic E-state index is 3.96. The van der Waals surface area contributed by atoms with Gasteiger partial charge in [0.25, 0.3) is 0 Å². The van der Waals surface area contributed by atoms with Gasteiger partial charge in [-0.25, -0.2) is 24.3 Å². The average molecular weight is 267 g/mol. The summed E-state index contributed by atoms with van der Waals surface area (Å²) in [7, 11) is 0. The number of nitrogens with one attached hydrogen (secondary N) is 1. The van der Waals surface area contributed by atoms with E-state index in [1.807, 2.05) is 42.5 Å². The van der Waals surface area contributed by atoms with Gasteiger partial charge < -0.3 is 0 Å². The Labute approximate surface area is 111 Å². The molecule has 0 aliphatic rings. The van der Waals surface area contributed by atoms with Crippen molar-refractivity contribution >= 4 is 0 Å². The molecule has 1 heterocycles. The van der Waals surface area contributed by atoms with Gasteiger partial charge in [-0.15, -0.1) is 0 Å². The van der Waals surface area contributed by atoms with Gasteiger partial charge in [-0.2, -0.15) is 51.3 Å². The van der Waals surface area contributed by atoms with Gasteiger partial charge >= 0.3 is 17.1 Å². The monoisotopic (exact) mass is 267 g/mol. The summed E-state index contributed by atoms with van der Waals surface area (Å²) in [6.45, 7) is 0. The quantitative estimate of drug-likeness (QED) is 0.572. The summed E-state index contributed by atoms with van der Waals surface area (Å²) >= 11 is 0. The first-order valence-corrected chi connectivity index (χ1v) is 5.17. The predicted molar refractivity (Wildman–Crippen MR) is 63.3 cm³/mol. The molecule has 1 aromatic heterocycles. The molecule has 0 saturated heterocycles. The van der Waals surface area contributed by atoms with Crippen LogP contribution >= 0.6 is 0 Å². The summed E-state index contributed by atoms with van der Waals surface area (Å²) in [6, 6.07) is 18.2. The Morgan fingerprint density at radius 2 is 1.94 bits per heavy atom. The minimum atomic E-state index is 0. The van der Waals surface area contributed by atoms with E-state index in [-0.39, 0.29) is 17.1 Å². The van der Waals surface area contributed by atoms with E-state index in [4.69, 9.17) is 0 Å². The molecular weight excluding hydrogens is 254 g/mol. The summed E-state index contributed by atoms with van der Waals surface area (Å²) in [5.74, 6) is 0. The second-order valence-corrected chi connectivity index (χ2v) is 3.39. The first-order chi connectivity index (χ1) is 7.95. The smallest absolute Gasteiger partial charge is 0.214 e. The molecule has 2 aromatic carbocycles. The van der Waals surface area contributed by atoms with E-state index in [1.54, 1.807) is 6.20 Å². The summed E-state index contributed by atoms with van der Waals surface area (Å²) in [6.07, 6.45) is 2.61. The van der Waals surface area contributed by atoms with Crippen LogP contribution in [0.4, 0.5) is 0 Å². The number of H-pyrrole nitrogens is 1. The molecule has 0 spiro atoms. The second-order valence-electron chi connectivity index (χ2n) is 3.39. The largest absolute Gasteiger partial charge is 2.00 e. The van der Waals surface area contributed by atoms with Crippen LogP contribution < -0.4 is 0 Å². The minimum Gasteiger partial charge on any atom is -0.214 e. The molecule has 3 rings (SSSR count). The Balaban J connectivity index is 0.000000205. The van der Waals surface area contributed by atoms with Gasteiger partial charge in [-0.1, -0.05) is 0 Å². The zero-order chi connectivity index (χ0) is 11.1. The molecule has 0 saturated carbocycles. The van der Waals surface area contributed by atoms with Crippen molar-refractivity contribution in [3.63, 3.8) is 0 Å². The Morgan fingerprint density at radius 3 is 2.41 bits per heavy atom. The normalized spacial score (nSPS) is 8.94. The fourth-order valence-electron chi connectivity index (χ4n) is 1.37. The number of aromatic amines is 1. The van der Waals surface area contributed by atoms with Gasteiger partial charge in [0.2, 0.25) is 0 Å². The van der Waals surface area contributed by atoms with Crippen LogP contribution in [0.1, 0.15) is 11.3 Å². The van der Waals surface area contributed by atoms with Gasteiger partial charge in [-0.05, 0) is 6.42 Å². The second kappa shape index (κ2) is 7.60. The van der Waals surface area contributed by atoms with Crippen LogP contribution in [-0.4, -0.2) is 15.4 Å². The van der Waals surface area contributed by atoms with E-state index in [1.165, 1.54) is 5.56 Å². The summed E-state index contributed by atoms with van der Waals surface area (Å²) in [5, 5.41) is 10.3. The number of hydrogen-bond donors (Lipinski definition) is 1. The van der Waals surface area contributed by atoms with Crippen molar-refractivity contribution in [3.05, 3.63) is 72.1 Å². The van der Waals surface area contributed by atoms with Crippen LogP contribution in [0.25, 0.3) is 0 Å². The third kappa shape index (κ3) is 4.81. The molecule has 0 unspecified atom stereocenters. The Hall–Kier alpha value is -1.64. The topological polar surface area (TPSA) is 41.6 Å². The van der Waals surface area contributed by atoms with E-state index in [0.29, 0.717) is 0 Å². The molecule has 0 bridgehead atoms. The average Bonchev–Trinajstić information content (AvgIpc) is 3.05. The minimum absolute atomic E-state index is 0. The molecule has 0 fully saturated rings. The molecule has 1 N–H and O–H groups in total. The fraction of sp³-hybridized carbons (Fsp3) is 0.0769. The number of hydrogen-bond acceptors (Lipinski definition) is 2. The Morgan fingerprint density at radius 1 is 1.12 bits per heavy atom. The van der Waals surface area contributed by atoms with Gasteiger partial charge in [0.05, 0.1) is 11.9 Å². The first-order valence-electron chi connectivity index (χ1n) is 5.17. The molecule has 17 heavy (non-hydrogen) atoms.